The zero-order valence-electron chi connectivity index (χ0n) is 12.7. The molecule has 0 aliphatic carbocycles. The zero-order valence-corrected chi connectivity index (χ0v) is 13.5. The fourth-order valence-corrected chi connectivity index (χ4v) is 3.58. The molecule has 4 heteroatoms. The number of nitrogens with one attached hydrogen (secondary N) is 2. The van der Waals surface area contributed by atoms with Crippen molar-refractivity contribution in [3.05, 3.63) is 34.7 Å². The Labute approximate surface area is 130 Å². The molecule has 1 aromatic heterocycles. The standard InChI is InChI=1S/C17H23N3S/c1-12(10-16-4-3-9-18-16)19-15-7-5-14(6-8-15)17-11-21-13(2)20-17/h5-8,11-12,16,18-19H,3-4,9-10H2,1-2H3. The topological polar surface area (TPSA) is 37.0 Å². The van der Waals surface area contributed by atoms with E-state index in [9.17, 15) is 0 Å². The molecule has 0 radical (unpaired) electrons. The van der Waals surface area contributed by atoms with Crippen LogP contribution in [0, 0.1) is 6.92 Å². The van der Waals surface area contributed by atoms with Gasteiger partial charge in [0, 0.05) is 28.7 Å². The molecule has 3 nitrogen and oxygen atoms in total. The Morgan fingerprint density at radius 2 is 2.19 bits per heavy atom. The van der Waals surface area contributed by atoms with Gasteiger partial charge in [-0.15, -0.1) is 11.3 Å². The maximum Gasteiger partial charge on any atom is 0.0901 e. The Morgan fingerprint density at radius 3 is 2.81 bits per heavy atom. The average molecular weight is 301 g/mol. The van der Waals surface area contributed by atoms with E-state index in [0.717, 1.165) is 10.7 Å². The van der Waals surface area contributed by atoms with Gasteiger partial charge in [-0.2, -0.15) is 0 Å². The first-order valence-corrected chi connectivity index (χ1v) is 8.61. The van der Waals surface area contributed by atoms with Crippen LogP contribution in [0.4, 0.5) is 5.69 Å². The molecular formula is C17H23N3S. The van der Waals surface area contributed by atoms with Crippen molar-refractivity contribution in [3.8, 4) is 11.3 Å². The third-order valence-electron chi connectivity index (χ3n) is 4.01. The van der Waals surface area contributed by atoms with Crippen LogP contribution >= 0.6 is 11.3 Å². The Kier molecular flexibility index (Phi) is 4.56. The highest BCUT2D eigenvalue weighted by molar-refractivity contribution is 7.09. The maximum atomic E-state index is 4.53. The minimum absolute atomic E-state index is 0.493. The lowest BCUT2D eigenvalue weighted by atomic mass is 10.1. The van der Waals surface area contributed by atoms with Crippen LogP contribution in [0.3, 0.4) is 0 Å². The normalized spacial score (nSPS) is 19.6. The van der Waals surface area contributed by atoms with Crippen LogP contribution < -0.4 is 10.6 Å². The number of aryl methyl sites for hydroxylation is 1. The molecule has 0 amide bonds. The highest BCUT2D eigenvalue weighted by atomic mass is 32.1. The van der Waals surface area contributed by atoms with Gasteiger partial charge in [-0.3, -0.25) is 0 Å². The molecule has 2 atom stereocenters. The number of aromatic nitrogens is 1. The van der Waals surface area contributed by atoms with E-state index in [-0.39, 0.29) is 0 Å². The van der Waals surface area contributed by atoms with Crippen molar-refractivity contribution in [2.75, 3.05) is 11.9 Å². The summed E-state index contributed by atoms with van der Waals surface area (Å²) in [4.78, 5) is 4.53. The summed E-state index contributed by atoms with van der Waals surface area (Å²) in [6.07, 6.45) is 3.82. The van der Waals surface area contributed by atoms with Gasteiger partial charge in [0.15, 0.2) is 0 Å². The van der Waals surface area contributed by atoms with Gasteiger partial charge < -0.3 is 10.6 Å². The minimum atomic E-state index is 0.493. The summed E-state index contributed by atoms with van der Waals surface area (Å²) < 4.78 is 0. The van der Waals surface area contributed by atoms with Crippen LogP contribution in [-0.2, 0) is 0 Å². The van der Waals surface area contributed by atoms with E-state index in [1.54, 1.807) is 11.3 Å². The number of benzene rings is 1. The quantitative estimate of drug-likeness (QED) is 0.874. The third kappa shape index (κ3) is 3.83. The van der Waals surface area contributed by atoms with Gasteiger partial charge in [0.25, 0.3) is 0 Å². The molecule has 1 fully saturated rings. The molecule has 2 unspecified atom stereocenters. The molecule has 0 spiro atoms. The maximum absolute atomic E-state index is 4.53. The molecule has 1 aliphatic rings. The third-order valence-corrected chi connectivity index (χ3v) is 4.79. The number of rotatable bonds is 5. The predicted octanol–water partition coefficient (Wildman–Crippen LogP) is 4.06. The fourth-order valence-electron chi connectivity index (χ4n) is 2.96. The van der Waals surface area contributed by atoms with Crippen LogP contribution in [0.15, 0.2) is 29.6 Å². The molecule has 2 heterocycles. The molecule has 1 aromatic carbocycles. The highest BCUT2D eigenvalue weighted by Crippen LogP contribution is 2.23. The first-order valence-electron chi connectivity index (χ1n) is 7.73. The largest absolute Gasteiger partial charge is 0.383 e. The van der Waals surface area contributed by atoms with E-state index in [2.05, 4.69) is 52.2 Å². The molecule has 21 heavy (non-hydrogen) atoms. The van der Waals surface area contributed by atoms with Gasteiger partial charge in [-0.1, -0.05) is 12.1 Å². The average Bonchev–Trinajstić information content (AvgIpc) is 3.11. The fraction of sp³-hybridized carbons (Fsp3) is 0.471. The number of hydrogen-bond acceptors (Lipinski definition) is 4. The summed E-state index contributed by atoms with van der Waals surface area (Å²) in [6.45, 7) is 5.49. The lowest BCUT2D eigenvalue weighted by Crippen LogP contribution is -2.29. The van der Waals surface area contributed by atoms with Crippen molar-refractivity contribution in [2.24, 2.45) is 0 Å². The molecule has 2 aromatic rings. The van der Waals surface area contributed by atoms with Gasteiger partial charge in [-0.25, -0.2) is 4.98 Å². The smallest absolute Gasteiger partial charge is 0.0901 e. The Bertz CT molecular complexity index is 570. The Morgan fingerprint density at radius 1 is 1.38 bits per heavy atom. The second kappa shape index (κ2) is 6.58. The van der Waals surface area contributed by atoms with Crippen molar-refractivity contribution in [2.45, 2.75) is 45.2 Å². The zero-order chi connectivity index (χ0) is 14.7. The Hall–Kier alpha value is -1.39. The number of nitrogens with zero attached hydrogens (tertiary/aromatic N) is 1. The first-order chi connectivity index (χ1) is 10.2. The SMILES string of the molecule is Cc1nc(-c2ccc(NC(C)CC3CCCN3)cc2)cs1. The van der Waals surface area contributed by atoms with E-state index in [1.807, 2.05) is 6.92 Å². The molecule has 2 N–H and O–H groups in total. The van der Waals surface area contributed by atoms with Crippen molar-refractivity contribution < 1.29 is 0 Å². The lowest BCUT2D eigenvalue weighted by molar-refractivity contribution is 0.523. The van der Waals surface area contributed by atoms with Crippen molar-refractivity contribution in [3.63, 3.8) is 0 Å². The van der Waals surface area contributed by atoms with Crippen LogP contribution in [0.5, 0.6) is 0 Å². The Balaban J connectivity index is 1.58. The number of hydrogen-bond donors (Lipinski definition) is 2. The van der Waals surface area contributed by atoms with Crippen molar-refractivity contribution in [1.29, 1.82) is 0 Å². The number of thiazole rings is 1. The molecule has 1 saturated heterocycles. The second-order valence-electron chi connectivity index (χ2n) is 5.90. The molecule has 0 bridgehead atoms. The molecular weight excluding hydrogens is 278 g/mol. The van der Waals surface area contributed by atoms with Crippen molar-refractivity contribution >= 4 is 17.0 Å². The summed E-state index contributed by atoms with van der Waals surface area (Å²) in [7, 11) is 0. The van der Waals surface area contributed by atoms with Gasteiger partial charge in [-0.05, 0) is 51.8 Å². The van der Waals surface area contributed by atoms with Crippen LogP contribution in [0.1, 0.15) is 31.2 Å². The van der Waals surface area contributed by atoms with E-state index >= 15 is 0 Å². The highest BCUT2D eigenvalue weighted by Gasteiger charge is 2.16. The van der Waals surface area contributed by atoms with Crippen LogP contribution in [0.2, 0.25) is 0 Å². The molecule has 0 saturated carbocycles. The first kappa shape index (κ1) is 14.5. The predicted molar refractivity (Wildman–Crippen MR) is 91.0 cm³/mol. The summed E-state index contributed by atoms with van der Waals surface area (Å²) >= 11 is 1.70. The van der Waals surface area contributed by atoms with E-state index in [4.69, 9.17) is 0 Å². The summed E-state index contributed by atoms with van der Waals surface area (Å²) in [5.74, 6) is 0. The molecule has 1 aliphatic heterocycles. The summed E-state index contributed by atoms with van der Waals surface area (Å²) in [5.41, 5.74) is 3.46. The number of anilines is 1. The van der Waals surface area contributed by atoms with Crippen LogP contribution in [-0.4, -0.2) is 23.6 Å². The van der Waals surface area contributed by atoms with Crippen LogP contribution in [0.25, 0.3) is 11.3 Å². The van der Waals surface area contributed by atoms with E-state index in [0.29, 0.717) is 12.1 Å². The van der Waals surface area contributed by atoms with E-state index in [1.165, 1.54) is 37.1 Å². The van der Waals surface area contributed by atoms with Crippen molar-refractivity contribution in [1.82, 2.24) is 10.3 Å². The van der Waals surface area contributed by atoms with Gasteiger partial charge in [0.05, 0.1) is 10.7 Å². The van der Waals surface area contributed by atoms with Gasteiger partial charge in [0.1, 0.15) is 0 Å². The van der Waals surface area contributed by atoms with Gasteiger partial charge in [0.2, 0.25) is 0 Å². The summed E-state index contributed by atoms with van der Waals surface area (Å²) in [5, 5.41) is 10.4. The van der Waals surface area contributed by atoms with Gasteiger partial charge >= 0.3 is 0 Å². The summed E-state index contributed by atoms with van der Waals surface area (Å²) in [6, 6.07) is 9.79. The lowest BCUT2D eigenvalue weighted by Gasteiger charge is -2.19. The van der Waals surface area contributed by atoms with E-state index < -0.39 is 0 Å². The molecule has 112 valence electrons. The minimum Gasteiger partial charge on any atom is -0.383 e. The monoisotopic (exact) mass is 301 g/mol. The molecule has 3 rings (SSSR count). The second-order valence-corrected chi connectivity index (χ2v) is 6.97.